The van der Waals surface area contributed by atoms with Crippen molar-refractivity contribution in [3.63, 3.8) is 0 Å². The minimum Gasteiger partial charge on any atom is -0.489 e. The van der Waals surface area contributed by atoms with E-state index in [0.717, 1.165) is 64.7 Å². The number of aromatic nitrogens is 1. The van der Waals surface area contributed by atoms with E-state index in [-0.39, 0.29) is 48.5 Å². The van der Waals surface area contributed by atoms with Crippen LogP contribution in [0.2, 0.25) is 5.02 Å². The molecule has 1 spiro atoms. The summed E-state index contributed by atoms with van der Waals surface area (Å²) in [6.07, 6.45) is 9.85. The smallest absolute Gasteiger partial charge is 0.339 e. The van der Waals surface area contributed by atoms with Gasteiger partial charge in [-0.1, -0.05) is 41.9 Å². The molecule has 3 atom stereocenters. The molecular weight excluding hydrogens is 802 g/mol. The van der Waals surface area contributed by atoms with Gasteiger partial charge in [0.1, 0.15) is 17.9 Å². The first kappa shape index (κ1) is 45.9. The summed E-state index contributed by atoms with van der Waals surface area (Å²) in [5, 5.41) is 22.8. The number of likely N-dealkylation sites (tertiary alicyclic amines) is 3. The molecule has 0 radical (unpaired) electrons. The average Bonchev–Trinajstić information content (AvgIpc) is 3.74. The van der Waals surface area contributed by atoms with Gasteiger partial charge in [0, 0.05) is 92.6 Å². The van der Waals surface area contributed by atoms with Gasteiger partial charge < -0.3 is 39.1 Å². The SMILES string of the molecule is COC(=O)c1cncc(COc2cc(CCC(=O)N3CCCC4(CCCN(C(=O)CCCN5CC[C@@H](OCc6ccccc6)C5)C4)C3)c(Cl)cc2CNC(C)(CO)C(=O)O)c1. The highest BCUT2D eigenvalue weighted by Crippen LogP contribution is 2.39. The molecule has 4 heterocycles. The maximum Gasteiger partial charge on any atom is 0.339 e. The van der Waals surface area contributed by atoms with Crippen LogP contribution in [0.3, 0.4) is 0 Å². The Morgan fingerprint density at radius 1 is 0.934 bits per heavy atom. The monoisotopic (exact) mass is 861 g/mol. The van der Waals surface area contributed by atoms with Crippen molar-refractivity contribution < 1.29 is 43.6 Å². The highest BCUT2D eigenvalue weighted by atomic mass is 35.5. The number of nitrogens with zero attached hydrogens (tertiary/aromatic N) is 4. The van der Waals surface area contributed by atoms with Crippen molar-refractivity contribution in [2.75, 3.05) is 59.5 Å². The van der Waals surface area contributed by atoms with E-state index in [0.29, 0.717) is 66.5 Å². The zero-order valence-corrected chi connectivity index (χ0v) is 36.2. The van der Waals surface area contributed by atoms with Crippen LogP contribution < -0.4 is 10.1 Å². The van der Waals surface area contributed by atoms with E-state index in [1.54, 1.807) is 24.4 Å². The average molecular weight is 862 g/mol. The lowest BCUT2D eigenvalue weighted by Gasteiger charge is -2.48. The number of ether oxygens (including phenoxy) is 3. The molecule has 3 fully saturated rings. The van der Waals surface area contributed by atoms with E-state index in [1.807, 2.05) is 28.0 Å². The lowest BCUT2D eigenvalue weighted by Crippen LogP contribution is -2.54. The zero-order chi connectivity index (χ0) is 43.4. The van der Waals surface area contributed by atoms with Gasteiger partial charge in [-0.3, -0.25) is 24.7 Å². The molecule has 330 valence electrons. The van der Waals surface area contributed by atoms with Gasteiger partial charge in [-0.15, -0.1) is 0 Å². The van der Waals surface area contributed by atoms with E-state index in [1.165, 1.54) is 25.8 Å². The molecular formula is C46H60ClN5O9. The number of aliphatic hydroxyl groups excluding tert-OH is 1. The molecule has 0 saturated carbocycles. The third-order valence-corrected chi connectivity index (χ3v) is 12.7. The molecule has 3 N–H and O–H groups in total. The summed E-state index contributed by atoms with van der Waals surface area (Å²) in [7, 11) is 1.29. The maximum absolute atomic E-state index is 13.8. The number of carboxylic acids is 1. The molecule has 3 aliphatic rings. The van der Waals surface area contributed by atoms with Crippen LogP contribution in [0, 0.1) is 5.41 Å². The second-order valence-corrected chi connectivity index (χ2v) is 17.4. The number of aryl methyl sites for hydroxylation is 1. The molecule has 61 heavy (non-hydrogen) atoms. The van der Waals surface area contributed by atoms with Crippen molar-refractivity contribution in [3.8, 4) is 5.75 Å². The molecule has 6 rings (SSSR count). The second kappa shape index (κ2) is 21.5. The van der Waals surface area contributed by atoms with Gasteiger partial charge in [0.05, 0.1) is 32.0 Å². The van der Waals surface area contributed by atoms with Crippen LogP contribution in [-0.2, 0) is 50.0 Å². The summed E-state index contributed by atoms with van der Waals surface area (Å²) >= 11 is 6.80. The summed E-state index contributed by atoms with van der Waals surface area (Å²) in [6, 6.07) is 15.3. The number of pyridine rings is 1. The fourth-order valence-electron chi connectivity index (χ4n) is 8.66. The number of amides is 2. The number of carbonyl (C=O) groups excluding carboxylic acids is 3. The Bertz CT molecular complexity index is 1980. The van der Waals surface area contributed by atoms with E-state index in [9.17, 15) is 29.4 Å². The van der Waals surface area contributed by atoms with Gasteiger partial charge in [0.25, 0.3) is 0 Å². The first-order valence-corrected chi connectivity index (χ1v) is 21.8. The van der Waals surface area contributed by atoms with Crippen LogP contribution in [0.15, 0.2) is 60.9 Å². The number of hydrogen-bond acceptors (Lipinski definition) is 11. The Morgan fingerprint density at radius 2 is 1.66 bits per heavy atom. The molecule has 0 aliphatic carbocycles. The van der Waals surface area contributed by atoms with E-state index < -0.39 is 24.1 Å². The normalized spacial score (nSPS) is 20.4. The van der Waals surface area contributed by atoms with Crippen molar-refractivity contribution in [2.24, 2.45) is 5.41 Å². The number of aliphatic carboxylic acids is 1. The molecule has 15 heteroatoms. The minimum atomic E-state index is -1.61. The number of carboxylic acid groups (broad SMARTS) is 1. The fraction of sp³-hybridized carbons (Fsp3) is 0.543. The second-order valence-electron chi connectivity index (χ2n) is 17.0. The minimum absolute atomic E-state index is 0.0112. The molecule has 2 amide bonds. The number of aliphatic hydroxyl groups is 1. The Hall–Kier alpha value is -4.60. The van der Waals surface area contributed by atoms with Gasteiger partial charge in [0.15, 0.2) is 0 Å². The number of rotatable bonds is 19. The number of piperidine rings is 2. The van der Waals surface area contributed by atoms with Crippen molar-refractivity contribution in [2.45, 2.75) is 96.1 Å². The van der Waals surface area contributed by atoms with Gasteiger partial charge >= 0.3 is 11.9 Å². The molecule has 3 aromatic rings. The van der Waals surface area contributed by atoms with Crippen LogP contribution in [0.4, 0.5) is 0 Å². The van der Waals surface area contributed by atoms with E-state index in [2.05, 4.69) is 27.3 Å². The number of carbonyl (C=O) groups is 4. The lowest BCUT2D eigenvalue weighted by atomic mass is 9.73. The standard InChI is InChI=1S/C46H60ClN5O9/c1-45(32-53,44(57)58)49-26-36-22-39(47)35(23-40(36)61-29-34-21-37(25-48-24-34)43(56)59-2)12-13-42(55)52-19-8-16-46(31-52)15-7-18-51(30-46)41(54)11-6-17-50-20-14-38(27-50)60-28-33-9-4-3-5-10-33/h3-5,9-10,21-25,38,49,53H,6-8,11-20,26-32H2,1-2H3,(H,57,58)/t38-,45?,46?/m1/s1. The molecule has 0 bridgehead atoms. The largest absolute Gasteiger partial charge is 0.489 e. The topological polar surface area (TPSA) is 171 Å². The van der Waals surface area contributed by atoms with Crippen molar-refractivity contribution >= 4 is 35.4 Å². The van der Waals surface area contributed by atoms with E-state index in [4.69, 9.17) is 25.8 Å². The van der Waals surface area contributed by atoms with Crippen LogP contribution in [0.1, 0.15) is 90.9 Å². The summed E-state index contributed by atoms with van der Waals surface area (Å²) in [5.74, 6) is -1.14. The number of hydrogen-bond donors (Lipinski definition) is 3. The summed E-state index contributed by atoms with van der Waals surface area (Å²) in [4.78, 5) is 61.8. The Kier molecular flexibility index (Phi) is 16.2. The van der Waals surface area contributed by atoms with Gasteiger partial charge in [-0.05, 0) is 87.7 Å². The molecule has 2 unspecified atom stereocenters. The predicted molar refractivity (Wildman–Crippen MR) is 229 cm³/mol. The summed E-state index contributed by atoms with van der Waals surface area (Å²) in [6.45, 7) is 6.87. The third-order valence-electron chi connectivity index (χ3n) is 12.4. The maximum atomic E-state index is 13.8. The van der Waals surface area contributed by atoms with Crippen LogP contribution >= 0.6 is 11.6 Å². The summed E-state index contributed by atoms with van der Waals surface area (Å²) < 4.78 is 17.2. The lowest BCUT2D eigenvalue weighted by molar-refractivity contribution is -0.146. The number of nitrogens with one attached hydrogen (secondary N) is 1. The van der Waals surface area contributed by atoms with Crippen LogP contribution in [0.5, 0.6) is 5.75 Å². The molecule has 3 saturated heterocycles. The third kappa shape index (κ3) is 12.5. The number of halogens is 1. The van der Waals surface area contributed by atoms with Crippen molar-refractivity contribution in [1.29, 1.82) is 0 Å². The first-order valence-electron chi connectivity index (χ1n) is 21.4. The molecule has 3 aliphatic heterocycles. The Labute approximate surface area is 363 Å². The number of methoxy groups -OCH3 is 1. The Balaban J connectivity index is 1.02. The van der Waals surface area contributed by atoms with Crippen LogP contribution in [-0.4, -0.2) is 125 Å². The van der Waals surface area contributed by atoms with Gasteiger partial charge in [0.2, 0.25) is 11.8 Å². The highest BCUT2D eigenvalue weighted by molar-refractivity contribution is 6.31. The van der Waals surface area contributed by atoms with Crippen LogP contribution in [0.25, 0.3) is 0 Å². The zero-order valence-electron chi connectivity index (χ0n) is 35.4. The van der Waals surface area contributed by atoms with E-state index >= 15 is 0 Å². The summed E-state index contributed by atoms with van der Waals surface area (Å²) in [5.41, 5.74) is 1.54. The molecule has 1 aromatic heterocycles. The Morgan fingerprint density at radius 3 is 2.34 bits per heavy atom. The first-order chi connectivity index (χ1) is 29.4. The van der Waals surface area contributed by atoms with Crippen molar-refractivity contribution in [3.05, 3.63) is 93.8 Å². The number of esters is 1. The fourth-order valence-corrected chi connectivity index (χ4v) is 8.94. The van der Waals surface area contributed by atoms with Gasteiger partial charge in [-0.2, -0.15) is 0 Å². The van der Waals surface area contributed by atoms with Gasteiger partial charge in [-0.25, -0.2) is 4.79 Å². The molecule has 14 nitrogen and oxygen atoms in total. The quantitative estimate of drug-likeness (QED) is 0.134. The molecule has 2 aromatic carbocycles. The van der Waals surface area contributed by atoms with Crippen molar-refractivity contribution in [1.82, 2.24) is 25.0 Å². The predicted octanol–water partition coefficient (Wildman–Crippen LogP) is 5.26. The number of benzene rings is 2. The highest BCUT2D eigenvalue weighted by Gasteiger charge is 2.41.